The molecule has 4 rings (SSSR count). The molecule has 0 radical (unpaired) electrons. The number of fused-ring (bicyclic) bond motifs is 1. The number of ether oxygens (including phenoxy) is 1. The fraction of sp³-hybridized carbons (Fsp3) is 0.267. The Hall–Kier alpha value is -3.75. The van der Waals surface area contributed by atoms with Crippen molar-refractivity contribution in [3.63, 3.8) is 0 Å². The van der Waals surface area contributed by atoms with E-state index < -0.39 is 27.7 Å². The zero-order valence-electron chi connectivity index (χ0n) is 21.9. The van der Waals surface area contributed by atoms with Gasteiger partial charge in [-0.3, -0.25) is 0 Å². The van der Waals surface area contributed by atoms with Gasteiger partial charge in [-0.15, -0.1) is 0 Å². The zero-order chi connectivity index (χ0) is 27.4. The van der Waals surface area contributed by atoms with Gasteiger partial charge in [-0.05, 0) is 55.2 Å². The largest absolute Gasteiger partial charge is 0.425 e. The molecule has 8 heteroatoms. The van der Waals surface area contributed by atoms with Crippen molar-refractivity contribution in [2.45, 2.75) is 51.5 Å². The lowest BCUT2D eigenvalue weighted by molar-refractivity contribution is -0.137. The molecule has 0 bridgehead atoms. The third kappa shape index (κ3) is 6.03. The molecular weight excluding hydrogens is 502 g/mol. The summed E-state index contributed by atoms with van der Waals surface area (Å²) in [5, 5.41) is 0.730. The first kappa shape index (κ1) is 27.3. The minimum atomic E-state index is -3.96. The molecule has 38 heavy (non-hydrogen) atoms. The average molecular weight is 534 g/mol. The van der Waals surface area contributed by atoms with Crippen LogP contribution < -0.4 is 15.1 Å². The highest BCUT2D eigenvalue weighted by atomic mass is 32.2. The smallest absolute Gasteiger partial charge is 0.340 e. The van der Waals surface area contributed by atoms with Crippen LogP contribution in [0.15, 0.2) is 86.9 Å². The third-order valence-corrected chi connectivity index (χ3v) is 8.24. The Kier molecular flexibility index (Phi) is 8.14. The minimum Gasteiger partial charge on any atom is -0.425 e. The van der Waals surface area contributed by atoms with Gasteiger partial charge in [-0.2, -0.15) is 4.72 Å². The molecule has 0 fully saturated rings. The summed E-state index contributed by atoms with van der Waals surface area (Å²) in [6, 6.07) is 19.8. The molecule has 1 heterocycles. The molecule has 0 saturated heterocycles. The summed E-state index contributed by atoms with van der Waals surface area (Å²) >= 11 is 0. The molecule has 198 valence electrons. The highest BCUT2D eigenvalue weighted by molar-refractivity contribution is 7.89. The lowest BCUT2D eigenvalue weighted by atomic mass is 9.99. The summed E-state index contributed by atoms with van der Waals surface area (Å²) in [4.78, 5) is 26.0. The fourth-order valence-corrected chi connectivity index (χ4v) is 5.50. The highest BCUT2D eigenvalue weighted by Crippen LogP contribution is 2.26. The van der Waals surface area contributed by atoms with Gasteiger partial charge < -0.3 is 9.15 Å². The number of hydrogen-bond acceptors (Lipinski definition) is 6. The first-order valence-corrected chi connectivity index (χ1v) is 14.0. The number of hydrogen-bond donors (Lipinski definition) is 1. The van der Waals surface area contributed by atoms with Crippen LogP contribution in [-0.4, -0.2) is 20.4 Å². The Morgan fingerprint density at radius 1 is 1.00 bits per heavy atom. The van der Waals surface area contributed by atoms with Crippen LogP contribution in [0, 0.1) is 19.8 Å². The Bertz CT molecular complexity index is 1610. The SMILES string of the molecule is CC[C@H](C)[C@H](NS(=O)(=O)c1ccc(C)cc1)C(=O)Oc1ccc2c(C)c(Cc3ccccc3)c(=O)oc2c1. The topological polar surface area (TPSA) is 103 Å². The van der Waals surface area contributed by atoms with Crippen LogP contribution in [0.5, 0.6) is 5.75 Å². The van der Waals surface area contributed by atoms with E-state index in [1.807, 2.05) is 51.1 Å². The standard InChI is InChI=1S/C30H31NO6S/c1-5-20(3)28(31-38(34,35)24-14-11-19(2)12-15-24)30(33)36-23-13-16-25-21(4)26(29(32)37-27(25)18-23)17-22-9-7-6-8-10-22/h6-16,18,20,28,31H,5,17H2,1-4H3/t20-,28-/m0/s1. The van der Waals surface area contributed by atoms with Gasteiger partial charge in [-0.25, -0.2) is 18.0 Å². The Morgan fingerprint density at radius 3 is 2.34 bits per heavy atom. The Balaban J connectivity index is 1.59. The van der Waals surface area contributed by atoms with Crippen molar-refractivity contribution >= 4 is 27.0 Å². The molecule has 0 spiro atoms. The number of sulfonamides is 1. The zero-order valence-corrected chi connectivity index (χ0v) is 22.7. The van der Waals surface area contributed by atoms with Crippen molar-refractivity contribution in [3.05, 3.63) is 105 Å². The van der Waals surface area contributed by atoms with E-state index in [2.05, 4.69) is 4.72 Å². The third-order valence-electron chi connectivity index (χ3n) is 6.78. The van der Waals surface area contributed by atoms with Gasteiger partial charge in [-0.1, -0.05) is 68.3 Å². The van der Waals surface area contributed by atoms with Gasteiger partial charge in [0.2, 0.25) is 10.0 Å². The van der Waals surface area contributed by atoms with Crippen molar-refractivity contribution in [2.75, 3.05) is 0 Å². The van der Waals surface area contributed by atoms with Crippen molar-refractivity contribution in [1.82, 2.24) is 4.72 Å². The van der Waals surface area contributed by atoms with Crippen LogP contribution in [0.25, 0.3) is 11.0 Å². The lowest BCUT2D eigenvalue weighted by Crippen LogP contribution is -2.46. The predicted octanol–water partition coefficient (Wildman–Crippen LogP) is 5.30. The molecular formula is C30H31NO6S. The summed E-state index contributed by atoms with van der Waals surface area (Å²) in [5.41, 5.74) is 3.11. The van der Waals surface area contributed by atoms with E-state index in [1.165, 1.54) is 18.2 Å². The van der Waals surface area contributed by atoms with Crippen molar-refractivity contribution in [3.8, 4) is 5.75 Å². The Morgan fingerprint density at radius 2 is 1.68 bits per heavy atom. The summed E-state index contributed by atoms with van der Waals surface area (Å²) < 4.78 is 39.6. The monoisotopic (exact) mass is 533 g/mol. The Labute approximate surface area is 222 Å². The average Bonchev–Trinajstić information content (AvgIpc) is 2.90. The second-order valence-corrected chi connectivity index (χ2v) is 11.2. The van der Waals surface area contributed by atoms with Gasteiger partial charge >= 0.3 is 11.6 Å². The quantitative estimate of drug-likeness (QED) is 0.178. The second-order valence-electron chi connectivity index (χ2n) is 9.53. The summed E-state index contributed by atoms with van der Waals surface area (Å²) in [6.45, 7) is 7.37. The molecule has 0 aliphatic carbocycles. The lowest BCUT2D eigenvalue weighted by Gasteiger charge is -2.22. The van der Waals surface area contributed by atoms with E-state index in [4.69, 9.17) is 9.15 Å². The molecule has 3 aromatic carbocycles. The molecule has 1 N–H and O–H groups in total. The van der Waals surface area contributed by atoms with E-state index in [0.717, 1.165) is 22.1 Å². The van der Waals surface area contributed by atoms with E-state index in [9.17, 15) is 18.0 Å². The van der Waals surface area contributed by atoms with Crippen molar-refractivity contribution < 1.29 is 22.4 Å². The highest BCUT2D eigenvalue weighted by Gasteiger charge is 2.31. The molecule has 0 saturated carbocycles. The number of rotatable bonds is 9. The van der Waals surface area contributed by atoms with Gasteiger partial charge in [0.1, 0.15) is 17.4 Å². The van der Waals surface area contributed by atoms with Crippen LogP contribution in [0.2, 0.25) is 0 Å². The number of carbonyl (C=O) groups is 1. The summed E-state index contributed by atoms with van der Waals surface area (Å²) in [7, 11) is -3.96. The number of nitrogens with one attached hydrogen (secondary N) is 1. The van der Waals surface area contributed by atoms with Gasteiger partial charge in [0, 0.05) is 23.4 Å². The van der Waals surface area contributed by atoms with Crippen LogP contribution in [-0.2, 0) is 21.2 Å². The minimum absolute atomic E-state index is 0.0680. The maximum atomic E-state index is 13.2. The van der Waals surface area contributed by atoms with Gasteiger partial charge in [0.25, 0.3) is 0 Å². The molecule has 0 unspecified atom stereocenters. The van der Waals surface area contributed by atoms with E-state index in [-0.39, 0.29) is 22.1 Å². The van der Waals surface area contributed by atoms with Crippen LogP contribution >= 0.6 is 0 Å². The molecule has 4 aromatic rings. The van der Waals surface area contributed by atoms with Gasteiger partial charge in [0.15, 0.2) is 0 Å². The molecule has 7 nitrogen and oxygen atoms in total. The molecule has 0 aliphatic heterocycles. The van der Waals surface area contributed by atoms with Crippen LogP contribution in [0.3, 0.4) is 0 Å². The van der Waals surface area contributed by atoms with Crippen molar-refractivity contribution in [1.29, 1.82) is 0 Å². The van der Waals surface area contributed by atoms with Crippen molar-refractivity contribution in [2.24, 2.45) is 5.92 Å². The maximum Gasteiger partial charge on any atom is 0.340 e. The van der Waals surface area contributed by atoms with Gasteiger partial charge in [0.05, 0.1) is 4.90 Å². The normalized spacial score (nSPS) is 13.3. The number of esters is 1. The van der Waals surface area contributed by atoms with Crippen LogP contribution in [0.1, 0.15) is 42.5 Å². The second kappa shape index (κ2) is 11.3. The van der Waals surface area contributed by atoms with Crippen LogP contribution in [0.4, 0.5) is 0 Å². The number of benzene rings is 3. The molecule has 0 amide bonds. The summed E-state index contributed by atoms with van der Waals surface area (Å²) in [5.74, 6) is -0.915. The molecule has 1 aromatic heterocycles. The maximum absolute atomic E-state index is 13.2. The van der Waals surface area contributed by atoms with E-state index in [0.29, 0.717) is 18.4 Å². The molecule has 2 atom stereocenters. The first-order valence-electron chi connectivity index (χ1n) is 12.5. The number of carbonyl (C=O) groups excluding carboxylic acids is 1. The van der Waals surface area contributed by atoms with E-state index >= 15 is 0 Å². The molecule has 0 aliphatic rings. The predicted molar refractivity (Wildman–Crippen MR) is 147 cm³/mol. The van der Waals surface area contributed by atoms with E-state index in [1.54, 1.807) is 31.2 Å². The first-order chi connectivity index (χ1) is 18.1. The fourth-order valence-electron chi connectivity index (χ4n) is 4.21. The number of aryl methyl sites for hydroxylation is 2. The summed E-state index contributed by atoms with van der Waals surface area (Å²) in [6.07, 6.45) is 0.992.